The van der Waals surface area contributed by atoms with E-state index in [-0.39, 0.29) is 0 Å². The quantitative estimate of drug-likeness (QED) is 0.222. The molecular weight excluding hydrogens is 448 g/mol. The number of fused-ring (bicyclic) bond motifs is 1. The lowest BCUT2D eigenvalue weighted by atomic mass is 10.1. The van der Waals surface area contributed by atoms with Gasteiger partial charge in [0.1, 0.15) is 0 Å². The van der Waals surface area contributed by atoms with E-state index in [1.807, 2.05) is 36.5 Å². The molecule has 1 aromatic heterocycles. The minimum atomic E-state index is 0.945. The molecule has 0 aliphatic carbocycles. The maximum atomic E-state index is 4.77. The van der Waals surface area contributed by atoms with Gasteiger partial charge in [0, 0.05) is 16.4 Å². The Hall–Kier alpha value is -1.95. The summed E-state index contributed by atoms with van der Waals surface area (Å²) in [6, 6.07) is 21.0. The number of aromatic nitrogens is 1. The van der Waals surface area contributed by atoms with E-state index in [4.69, 9.17) is 4.98 Å². The summed E-state index contributed by atoms with van der Waals surface area (Å²) >= 11 is 6.99. The van der Waals surface area contributed by atoms with Crippen LogP contribution >= 0.6 is 39.0 Å². The molecule has 0 atom stereocenters. The van der Waals surface area contributed by atoms with E-state index < -0.39 is 0 Å². The largest absolute Gasteiger partial charge is 0.256 e. The zero-order valence-electron chi connectivity index (χ0n) is 15.6. The molecule has 0 amide bonds. The van der Waals surface area contributed by atoms with Crippen LogP contribution in [0.2, 0.25) is 0 Å². The minimum Gasteiger partial charge on any atom is -0.256 e. The van der Waals surface area contributed by atoms with Gasteiger partial charge in [-0.1, -0.05) is 63.6 Å². The van der Waals surface area contributed by atoms with Gasteiger partial charge in [-0.25, -0.2) is 4.98 Å². The molecule has 0 N–H and O–H groups in total. The van der Waals surface area contributed by atoms with Gasteiger partial charge in [-0.2, -0.15) is 0 Å². The summed E-state index contributed by atoms with van der Waals surface area (Å²) < 4.78 is 3.35. The summed E-state index contributed by atoms with van der Waals surface area (Å²) in [5.41, 5.74) is 7.09. The van der Waals surface area contributed by atoms with E-state index in [1.54, 1.807) is 23.1 Å². The normalized spacial score (nSPS) is 11.5. The van der Waals surface area contributed by atoms with Crippen LogP contribution in [0.3, 0.4) is 0 Å². The first kappa shape index (κ1) is 19.4. The Morgan fingerprint density at radius 2 is 1.86 bits per heavy atom. The van der Waals surface area contributed by atoms with Gasteiger partial charge in [-0.05, 0) is 60.9 Å². The number of aliphatic imine (C=N–C) groups is 1. The van der Waals surface area contributed by atoms with Crippen molar-refractivity contribution in [3.63, 3.8) is 0 Å². The lowest BCUT2D eigenvalue weighted by Crippen LogP contribution is -1.87. The fraction of sp³-hybridized carbons (Fsp3) is 0.130. The molecule has 1 heterocycles. The Bertz CT molecular complexity index is 1150. The highest BCUT2D eigenvalue weighted by atomic mass is 79.9. The van der Waals surface area contributed by atoms with Gasteiger partial charge < -0.3 is 0 Å². The Morgan fingerprint density at radius 1 is 1.04 bits per heavy atom. The standard InChI is InChI=1S/C23H19BrN2S2/c1-15-3-6-18(16(2)11-15)14-27-23-26-21-10-9-20(12-22(21)28-23)25-13-17-4-7-19(24)8-5-17/h3-13H,14H2,1-2H3. The third-order valence-electron chi connectivity index (χ3n) is 4.43. The van der Waals surface area contributed by atoms with Crippen molar-refractivity contribution in [3.05, 3.63) is 87.4 Å². The van der Waals surface area contributed by atoms with E-state index in [0.29, 0.717) is 0 Å². The fourth-order valence-corrected chi connectivity index (χ4v) is 5.32. The molecule has 0 saturated carbocycles. The SMILES string of the molecule is Cc1ccc(CSc2nc3ccc(N=Cc4ccc(Br)cc4)cc3s2)c(C)c1. The zero-order chi connectivity index (χ0) is 19.5. The second-order valence-electron chi connectivity index (χ2n) is 6.66. The van der Waals surface area contributed by atoms with Crippen LogP contribution in [0.4, 0.5) is 5.69 Å². The summed E-state index contributed by atoms with van der Waals surface area (Å²) in [6.07, 6.45) is 1.89. The van der Waals surface area contributed by atoms with Crippen LogP contribution in [0, 0.1) is 13.8 Å². The van der Waals surface area contributed by atoms with Gasteiger partial charge >= 0.3 is 0 Å². The van der Waals surface area contributed by atoms with Crippen molar-refractivity contribution >= 4 is 61.1 Å². The molecule has 0 fully saturated rings. The number of hydrogen-bond acceptors (Lipinski definition) is 4. The fourth-order valence-electron chi connectivity index (χ4n) is 2.88. The average Bonchev–Trinajstić information content (AvgIpc) is 3.09. The van der Waals surface area contributed by atoms with Gasteiger partial charge in [-0.15, -0.1) is 11.3 Å². The maximum absolute atomic E-state index is 4.77. The molecule has 4 aromatic rings. The topological polar surface area (TPSA) is 25.2 Å². The number of thiazole rings is 1. The predicted molar refractivity (Wildman–Crippen MR) is 126 cm³/mol. The van der Waals surface area contributed by atoms with Gasteiger partial charge in [0.25, 0.3) is 0 Å². The van der Waals surface area contributed by atoms with Gasteiger partial charge in [-0.3, -0.25) is 4.99 Å². The van der Waals surface area contributed by atoms with Crippen LogP contribution in [0.1, 0.15) is 22.3 Å². The van der Waals surface area contributed by atoms with Crippen molar-refractivity contribution in [2.24, 2.45) is 4.99 Å². The van der Waals surface area contributed by atoms with Crippen LogP contribution < -0.4 is 0 Å². The average molecular weight is 467 g/mol. The van der Waals surface area contributed by atoms with Crippen molar-refractivity contribution in [2.75, 3.05) is 0 Å². The van der Waals surface area contributed by atoms with E-state index in [9.17, 15) is 0 Å². The highest BCUT2D eigenvalue weighted by molar-refractivity contribution is 9.10. The van der Waals surface area contributed by atoms with Crippen molar-refractivity contribution in [1.29, 1.82) is 0 Å². The molecule has 2 nitrogen and oxygen atoms in total. The van der Waals surface area contributed by atoms with E-state index in [1.165, 1.54) is 21.4 Å². The van der Waals surface area contributed by atoms with Gasteiger partial charge in [0.05, 0.1) is 15.9 Å². The Labute approximate surface area is 181 Å². The summed E-state index contributed by atoms with van der Waals surface area (Å²) in [5.74, 6) is 0.945. The molecular formula is C23H19BrN2S2. The highest BCUT2D eigenvalue weighted by Crippen LogP contribution is 2.34. The maximum Gasteiger partial charge on any atom is 0.151 e. The molecule has 0 aliphatic rings. The molecule has 5 heteroatoms. The van der Waals surface area contributed by atoms with Crippen LogP contribution in [0.15, 0.2) is 74.5 Å². The second-order valence-corrected chi connectivity index (χ2v) is 9.83. The molecule has 0 saturated heterocycles. The lowest BCUT2D eigenvalue weighted by Gasteiger charge is -2.05. The Kier molecular flexibility index (Phi) is 5.95. The first-order chi connectivity index (χ1) is 13.6. The number of aryl methyl sites for hydroxylation is 2. The molecule has 28 heavy (non-hydrogen) atoms. The first-order valence-corrected chi connectivity index (χ1v) is 11.6. The zero-order valence-corrected chi connectivity index (χ0v) is 18.9. The molecule has 0 bridgehead atoms. The summed E-state index contributed by atoms with van der Waals surface area (Å²) in [4.78, 5) is 9.38. The highest BCUT2D eigenvalue weighted by Gasteiger charge is 2.07. The summed E-state index contributed by atoms with van der Waals surface area (Å²) in [5, 5.41) is 0. The van der Waals surface area contributed by atoms with E-state index in [0.717, 1.165) is 31.3 Å². The number of nitrogens with zero attached hydrogens (tertiary/aromatic N) is 2. The Morgan fingerprint density at radius 3 is 2.64 bits per heavy atom. The number of halogens is 1. The number of hydrogen-bond donors (Lipinski definition) is 0. The van der Waals surface area contributed by atoms with Gasteiger partial charge in [0.15, 0.2) is 4.34 Å². The van der Waals surface area contributed by atoms with Gasteiger partial charge in [0.2, 0.25) is 0 Å². The summed E-state index contributed by atoms with van der Waals surface area (Å²) in [7, 11) is 0. The molecule has 0 unspecified atom stereocenters. The Balaban J connectivity index is 1.49. The van der Waals surface area contributed by atoms with Crippen LogP contribution in [-0.4, -0.2) is 11.2 Å². The van der Waals surface area contributed by atoms with Crippen molar-refractivity contribution in [3.8, 4) is 0 Å². The van der Waals surface area contributed by atoms with Crippen molar-refractivity contribution in [1.82, 2.24) is 4.98 Å². The number of thioether (sulfide) groups is 1. The van der Waals surface area contributed by atoms with Crippen molar-refractivity contribution < 1.29 is 0 Å². The van der Waals surface area contributed by atoms with Crippen LogP contribution in [-0.2, 0) is 5.75 Å². The molecule has 4 rings (SSSR count). The van der Waals surface area contributed by atoms with Crippen molar-refractivity contribution in [2.45, 2.75) is 23.9 Å². The molecule has 0 radical (unpaired) electrons. The minimum absolute atomic E-state index is 0.945. The third-order valence-corrected chi connectivity index (χ3v) is 7.17. The van der Waals surface area contributed by atoms with E-state index >= 15 is 0 Å². The lowest BCUT2D eigenvalue weighted by molar-refractivity contribution is 1.25. The van der Waals surface area contributed by atoms with E-state index in [2.05, 4.69) is 65.1 Å². The number of rotatable bonds is 5. The number of benzene rings is 3. The predicted octanol–water partition coefficient (Wildman–Crippen LogP) is 7.72. The molecule has 3 aromatic carbocycles. The molecule has 0 aliphatic heterocycles. The second kappa shape index (κ2) is 8.60. The monoisotopic (exact) mass is 466 g/mol. The third kappa shape index (κ3) is 4.72. The van der Waals surface area contributed by atoms with Crippen LogP contribution in [0.25, 0.3) is 10.2 Å². The smallest absolute Gasteiger partial charge is 0.151 e. The van der Waals surface area contributed by atoms with Crippen LogP contribution in [0.5, 0.6) is 0 Å². The molecule has 140 valence electrons. The summed E-state index contributed by atoms with van der Waals surface area (Å²) in [6.45, 7) is 4.31. The molecule has 0 spiro atoms. The first-order valence-electron chi connectivity index (χ1n) is 8.96.